The second-order valence-electron chi connectivity index (χ2n) is 10.0. The Morgan fingerprint density at radius 3 is 2.53 bits per heavy atom. The number of carbonyl (C=O) groups excluding carboxylic acids is 1. The van der Waals surface area contributed by atoms with Crippen LogP contribution < -0.4 is 14.4 Å². The number of hydrogen-bond donors (Lipinski definition) is 0. The number of hydrogen-bond acceptors (Lipinski definition) is 6. The van der Waals surface area contributed by atoms with E-state index in [0.29, 0.717) is 36.0 Å². The second-order valence-corrected chi connectivity index (χ2v) is 10.0. The molecule has 0 aromatic heterocycles. The summed E-state index contributed by atoms with van der Waals surface area (Å²) in [6.45, 7) is 7.06. The molecule has 1 saturated carbocycles. The quantitative estimate of drug-likeness (QED) is 0.275. The van der Waals surface area contributed by atoms with Crippen molar-refractivity contribution in [2.45, 2.75) is 65.0 Å². The molecule has 2 aromatic carbocycles. The zero-order valence-electron chi connectivity index (χ0n) is 22.6. The molecule has 2 heterocycles. The zero-order valence-corrected chi connectivity index (χ0v) is 22.6. The highest BCUT2D eigenvalue weighted by Crippen LogP contribution is 2.35. The number of aromatic nitrogens is 4. The third-order valence-electron chi connectivity index (χ3n) is 6.99. The highest BCUT2D eigenvalue weighted by Gasteiger charge is 2.28. The number of rotatable bonds is 9. The van der Waals surface area contributed by atoms with E-state index in [4.69, 9.17) is 24.4 Å². The molecule has 1 aliphatic carbocycles. The Morgan fingerprint density at radius 2 is 1.84 bits per heavy atom. The Hall–Kier alpha value is -3.94. The van der Waals surface area contributed by atoms with E-state index in [1.807, 2.05) is 60.0 Å². The van der Waals surface area contributed by atoms with Crippen LogP contribution in [0.4, 0.5) is 5.82 Å². The van der Waals surface area contributed by atoms with Gasteiger partial charge in [0.15, 0.2) is 28.8 Å². The van der Waals surface area contributed by atoms with Crippen LogP contribution in [-0.2, 0) is 6.54 Å². The highest BCUT2D eigenvalue weighted by atomic mass is 16.5. The van der Waals surface area contributed by atoms with Gasteiger partial charge in [0.25, 0.3) is 5.91 Å². The van der Waals surface area contributed by atoms with E-state index in [1.165, 1.54) is 12.8 Å². The number of amides is 1. The van der Waals surface area contributed by atoms with Crippen LogP contribution >= 0.6 is 0 Å². The lowest BCUT2D eigenvalue weighted by atomic mass is 10.1. The molecular formula is C30H35N5O3. The van der Waals surface area contributed by atoms with Crippen molar-refractivity contribution < 1.29 is 14.3 Å². The Morgan fingerprint density at radius 1 is 1.08 bits per heavy atom. The van der Waals surface area contributed by atoms with E-state index in [9.17, 15) is 4.79 Å². The van der Waals surface area contributed by atoms with Crippen molar-refractivity contribution in [2.24, 2.45) is 0 Å². The topological polar surface area (TPSA) is 82.4 Å². The summed E-state index contributed by atoms with van der Waals surface area (Å²) in [6, 6.07) is 15.3. The molecule has 0 atom stereocenters. The summed E-state index contributed by atoms with van der Waals surface area (Å²) in [5.41, 5.74) is 2.28. The first-order chi connectivity index (χ1) is 18.5. The Labute approximate surface area is 224 Å². The maximum absolute atomic E-state index is 13.4. The fraction of sp³-hybridized carbons (Fsp3) is 0.400. The number of ether oxygens (including phenoxy) is 2. The molecule has 0 unspecified atom stereocenters. The molecular weight excluding hydrogens is 478 g/mol. The summed E-state index contributed by atoms with van der Waals surface area (Å²) in [6.07, 6.45) is 6.53. The second kappa shape index (κ2) is 11.2. The van der Waals surface area contributed by atoms with Gasteiger partial charge in [-0.15, -0.1) is 0 Å². The fourth-order valence-electron chi connectivity index (χ4n) is 4.93. The van der Waals surface area contributed by atoms with E-state index in [0.717, 1.165) is 35.7 Å². The molecule has 0 saturated heterocycles. The van der Waals surface area contributed by atoms with Crippen LogP contribution in [0.25, 0.3) is 11.5 Å². The average molecular weight is 514 g/mol. The SMILES string of the molecule is CCN(C(=O)c1ccccc1)c1ncn(Cc2ccc(OC)c(OC3CCCC3)c2)c2nc(C(C)C)nc1-2. The van der Waals surface area contributed by atoms with Gasteiger partial charge < -0.3 is 14.0 Å². The molecule has 0 spiro atoms. The lowest BCUT2D eigenvalue weighted by Gasteiger charge is -2.23. The predicted octanol–water partition coefficient (Wildman–Crippen LogP) is 5.95. The van der Waals surface area contributed by atoms with E-state index in [1.54, 1.807) is 18.3 Å². The van der Waals surface area contributed by atoms with Crippen LogP contribution in [0, 0.1) is 0 Å². The normalized spacial score (nSPS) is 13.8. The van der Waals surface area contributed by atoms with Gasteiger partial charge in [0.05, 0.1) is 26.1 Å². The molecule has 0 N–H and O–H groups in total. The minimum absolute atomic E-state index is 0.113. The minimum Gasteiger partial charge on any atom is -0.493 e. The largest absolute Gasteiger partial charge is 0.493 e. The molecule has 2 aliphatic heterocycles. The van der Waals surface area contributed by atoms with Crippen LogP contribution in [0.5, 0.6) is 11.5 Å². The first-order valence-electron chi connectivity index (χ1n) is 13.4. The third kappa shape index (κ3) is 5.21. The summed E-state index contributed by atoms with van der Waals surface area (Å²) in [5.74, 6) is 3.47. The van der Waals surface area contributed by atoms with Gasteiger partial charge in [0.2, 0.25) is 0 Å². The Balaban J connectivity index is 1.51. The average Bonchev–Trinajstić information content (AvgIpc) is 3.62. The molecule has 1 fully saturated rings. The van der Waals surface area contributed by atoms with E-state index in [2.05, 4.69) is 13.8 Å². The van der Waals surface area contributed by atoms with Gasteiger partial charge in [-0.25, -0.2) is 15.0 Å². The van der Waals surface area contributed by atoms with Crippen molar-refractivity contribution in [3.8, 4) is 23.0 Å². The van der Waals surface area contributed by atoms with Gasteiger partial charge in [0.1, 0.15) is 5.82 Å². The van der Waals surface area contributed by atoms with Crippen molar-refractivity contribution in [3.05, 3.63) is 71.8 Å². The summed E-state index contributed by atoms with van der Waals surface area (Å²) < 4.78 is 13.9. The van der Waals surface area contributed by atoms with Gasteiger partial charge in [-0.3, -0.25) is 9.69 Å². The third-order valence-corrected chi connectivity index (χ3v) is 6.99. The molecule has 5 rings (SSSR count). The standard InChI is InChI=1S/C30H35N5O3/c1-5-35(30(36)22-11-7-6-8-12-22)28-26-29(33-27(32-26)20(2)3)34(19-31-28)18-21-15-16-24(37-4)25(17-21)38-23-13-9-10-14-23/h6-8,11-12,15-17,19-20,23H,5,9-10,13-14,18H2,1-4H3. The van der Waals surface area contributed by atoms with Gasteiger partial charge in [-0.1, -0.05) is 38.1 Å². The van der Waals surface area contributed by atoms with Crippen molar-refractivity contribution in [1.29, 1.82) is 0 Å². The van der Waals surface area contributed by atoms with Gasteiger partial charge in [-0.05, 0) is 62.4 Å². The van der Waals surface area contributed by atoms with E-state index < -0.39 is 0 Å². The first-order valence-corrected chi connectivity index (χ1v) is 13.4. The maximum Gasteiger partial charge on any atom is 0.259 e. The number of carbonyl (C=O) groups is 1. The van der Waals surface area contributed by atoms with Crippen LogP contribution in [0.1, 0.15) is 74.1 Å². The number of benzene rings is 2. The van der Waals surface area contributed by atoms with Gasteiger partial charge in [-0.2, -0.15) is 0 Å². The van der Waals surface area contributed by atoms with Crippen molar-refractivity contribution in [1.82, 2.24) is 19.5 Å². The Kier molecular flexibility index (Phi) is 7.58. The van der Waals surface area contributed by atoms with Crippen LogP contribution in [-0.4, -0.2) is 45.2 Å². The number of fused-ring (bicyclic) bond motifs is 1. The van der Waals surface area contributed by atoms with Crippen molar-refractivity contribution >= 4 is 11.7 Å². The van der Waals surface area contributed by atoms with Crippen LogP contribution in [0.2, 0.25) is 0 Å². The monoisotopic (exact) mass is 513 g/mol. The summed E-state index contributed by atoms with van der Waals surface area (Å²) in [5, 5.41) is 0. The lowest BCUT2D eigenvalue weighted by molar-refractivity contribution is 0.0987. The molecule has 0 bridgehead atoms. The number of anilines is 1. The summed E-state index contributed by atoms with van der Waals surface area (Å²) in [7, 11) is 1.67. The van der Waals surface area contributed by atoms with Gasteiger partial charge >= 0.3 is 0 Å². The fourth-order valence-corrected chi connectivity index (χ4v) is 4.93. The van der Waals surface area contributed by atoms with Gasteiger partial charge in [0, 0.05) is 18.0 Å². The van der Waals surface area contributed by atoms with Crippen LogP contribution in [0.3, 0.4) is 0 Å². The zero-order chi connectivity index (χ0) is 26.6. The van der Waals surface area contributed by atoms with Crippen molar-refractivity contribution in [3.63, 3.8) is 0 Å². The molecule has 0 radical (unpaired) electrons. The smallest absolute Gasteiger partial charge is 0.259 e. The molecule has 2 aromatic rings. The molecule has 3 aliphatic rings. The predicted molar refractivity (Wildman–Crippen MR) is 147 cm³/mol. The van der Waals surface area contributed by atoms with Crippen molar-refractivity contribution in [2.75, 3.05) is 18.6 Å². The lowest BCUT2D eigenvalue weighted by Crippen LogP contribution is -2.32. The maximum atomic E-state index is 13.4. The molecule has 198 valence electrons. The molecule has 8 heteroatoms. The minimum atomic E-state index is -0.113. The molecule has 8 nitrogen and oxygen atoms in total. The summed E-state index contributed by atoms with van der Waals surface area (Å²) in [4.78, 5) is 29.5. The van der Waals surface area contributed by atoms with E-state index >= 15 is 0 Å². The number of imidazole rings is 1. The molecule has 38 heavy (non-hydrogen) atoms. The first kappa shape index (κ1) is 25.7. The Bertz CT molecular complexity index is 1360. The highest BCUT2D eigenvalue weighted by molar-refractivity contribution is 6.06. The number of nitrogens with zero attached hydrogens (tertiary/aromatic N) is 5. The summed E-state index contributed by atoms with van der Waals surface area (Å²) >= 11 is 0. The van der Waals surface area contributed by atoms with Crippen LogP contribution in [0.15, 0.2) is 54.9 Å². The number of methoxy groups -OCH3 is 1. The van der Waals surface area contributed by atoms with E-state index in [-0.39, 0.29) is 17.9 Å². The molecule has 1 amide bonds.